The highest BCUT2D eigenvalue weighted by Crippen LogP contribution is 2.26. The molecule has 5 heteroatoms. The van der Waals surface area contributed by atoms with Crippen LogP contribution < -0.4 is 5.32 Å². The number of halogens is 1. The Balaban J connectivity index is 2.28. The highest BCUT2D eigenvalue weighted by molar-refractivity contribution is 5.80. The van der Waals surface area contributed by atoms with Crippen molar-refractivity contribution in [3.8, 4) is 0 Å². The normalized spacial score (nSPS) is 19.7. The lowest BCUT2D eigenvalue weighted by Crippen LogP contribution is -2.50. The molecule has 0 aliphatic heterocycles. The van der Waals surface area contributed by atoms with E-state index in [1.54, 1.807) is 6.92 Å². The molecule has 4 nitrogen and oxygen atoms in total. The Hall–Kier alpha value is -1.49. The highest BCUT2D eigenvalue weighted by atomic mass is 19.1. The summed E-state index contributed by atoms with van der Waals surface area (Å²) in [5.41, 5.74) is -0.939. The number of hydrogen-bond acceptors (Lipinski definition) is 3. The summed E-state index contributed by atoms with van der Waals surface area (Å²) in [6.45, 7) is 1.56. The van der Waals surface area contributed by atoms with Crippen LogP contribution in [0.5, 0.6) is 0 Å². The molecule has 2 N–H and O–H groups in total. The number of nitrogens with zero attached hydrogens (tertiary/aromatic N) is 1. The molecule has 1 atom stereocenters. The van der Waals surface area contributed by atoms with Gasteiger partial charge in [0.05, 0.1) is 6.20 Å². The predicted molar refractivity (Wildman–Crippen MR) is 64.6 cm³/mol. The minimum atomic E-state index is -1.29. The minimum Gasteiger partial charge on any atom is -0.480 e. The van der Waals surface area contributed by atoms with Crippen molar-refractivity contribution in [1.82, 2.24) is 10.3 Å². The lowest BCUT2D eigenvalue weighted by Gasteiger charge is -2.30. The first-order valence-corrected chi connectivity index (χ1v) is 6.14. The summed E-state index contributed by atoms with van der Waals surface area (Å²) in [5, 5.41) is 12.6. The number of pyridine rings is 1. The molecule has 1 aliphatic rings. The van der Waals surface area contributed by atoms with Gasteiger partial charge in [0.25, 0.3) is 0 Å². The first-order chi connectivity index (χ1) is 8.52. The van der Waals surface area contributed by atoms with E-state index in [4.69, 9.17) is 0 Å². The largest absolute Gasteiger partial charge is 0.480 e. The van der Waals surface area contributed by atoms with Gasteiger partial charge in [-0.1, -0.05) is 12.8 Å². The van der Waals surface area contributed by atoms with Gasteiger partial charge in [0.1, 0.15) is 11.4 Å². The molecule has 1 aromatic heterocycles. The van der Waals surface area contributed by atoms with E-state index in [1.165, 1.54) is 12.3 Å². The van der Waals surface area contributed by atoms with Gasteiger partial charge in [-0.3, -0.25) is 10.3 Å². The Labute approximate surface area is 105 Å². The first kappa shape index (κ1) is 13.0. The summed E-state index contributed by atoms with van der Waals surface area (Å²) in [4.78, 5) is 15.2. The summed E-state index contributed by atoms with van der Waals surface area (Å²) in [6.07, 6.45) is 6.61. The summed E-state index contributed by atoms with van der Waals surface area (Å²) < 4.78 is 13.2. The van der Waals surface area contributed by atoms with Crippen molar-refractivity contribution < 1.29 is 14.3 Å². The number of aromatic nitrogens is 1. The minimum absolute atomic E-state index is 0.175. The SMILES string of the molecule is CC(NC1CCCC1)(C(=O)O)c1cncc(F)c1. The number of carbonyl (C=O) groups is 1. The fraction of sp³-hybridized carbons (Fsp3) is 0.538. The van der Waals surface area contributed by atoms with Crippen molar-refractivity contribution in [2.75, 3.05) is 0 Å². The number of aliphatic carboxylic acids is 1. The Morgan fingerprint density at radius 2 is 2.17 bits per heavy atom. The van der Waals surface area contributed by atoms with Gasteiger partial charge in [-0.15, -0.1) is 0 Å². The van der Waals surface area contributed by atoms with Crippen LogP contribution in [0, 0.1) is 5.82 Å². The standard InChI is InChI=1S/C13H17FN2O2/c1-13(12(17)18,16-11-4-2-3-5-11)9-6-10(14)8-15-7-9/h6-8,11,16H,2-5H2,1H3,(H,17,18). The van der Waals surface area contributed by atoms with Crippen LogP contribution in [0.1, 0.15) is 38.2 Å². The third-order valence-electron chi connectivity index (χ3n) is 3.56. The third kappa shape index (κ3) is 2.51. The molecule has 0 aromatic carbocycles. The Kier molecular flexibility index (Phi) is 3.61. The van der Waals surface area contributed by atoms with Crippen molar-refractivity contribution in [2.45, 2.75) is 44.2 Å². The lowest BCUT2D eigenvalue weighted by molar-refractivity contribution is -0.145. The summed E-state index contributed by atoms with van der Waals surface area (Å²) in [5.74, 6) is -1.53. The van der Waals surface area contributed by atoms with E-state index in [1.807, 2.05) is 0 Å². The molecule has 98 valence electrons. The number of carboxylic acids is 1. The van der Waals surface area contributed by atoms with E-state index in [9.17, 15) is 14.3 Å². The van der Waals surface area contributed by atoms with Crippen molar-refractivity contribution in [3.05, 3.63) is 29.8 Å². The monoisotopic (exact) mass is 252 g/mol. The van der Waals surface area contributed by atoms with E-state index < -0.39 is 17.3 Å². The van der Waals surface area contributed by atoms with Gasteiger partial charge < -0.3 is 5.11 Å². The van der Waals surface area contributed by atoms with Gasteiger partial charge in [-0.05, 0) is 25.8 Å². The summed E-state index contributed by atoms with van der Waals surface area (Å²) in [7, 11) is 0. The molecule has 1 heterocycles. The van der Waals surface area contributed by atoms with E-state index in [2.05, 4.69) is 10.3 Å². The Morgan fingerprint density at radius 3 is 2.72 bits per heavy atom. The second-order valence-electron chi connectivity index (χ2n) is 4.95. The quantitative estimate of drug-likeness (QED) is 0.861. The number of rotatable bonds is 4. The van der Waals surface area contributed by atoms with Gasteiger partial charge >= 0.3 is 5.97 Å². The maximum Gasteiger partial charge on any atom is 0.328 e. The van der Waals surface area contributed by atoms with Crippen LogP contribution in [0.2, 0.25) is 0 Å². The molecule has 0 amide bonds. The maximum atomic E-state index is 13.2. The molecular weight excluding hydrogens is 235 g/mol. The average Bonchev–Trinajstić information content (AvgIpc) is 2.81. The van der Waals surface area contributed by atoms with Gasteiger partial charge in [-0.2, -0.15) is 0 Å². The van der Waals surface area contributed by atoms with Crippen LogP contribution in [-0.4, -0.2) is 22.1 Å². The maximum absolute atomic E-state index is 13.2. The molecule has 1 unspecified atom stereocenters. The smallest absolute Gasteiger partial charge is 0.328 e. The van der Waals surface area contributed by atoms with E-state index in [-0.39, 0.29) is 6.04 Å². The zero-order valence-electron chi connectivity index (χ0n) is 10.3. The zero-order valence-corrected chi connectivity index (χ0v) is 10.3. The van der Waals surface area contributed by atoms with Gasteiger partial charge in [0.2, 0.25) is 0 Å². The van der Waals surface area contributed by atoms with Crippen LogP contribution in [0.4, 0.5) is 4.39 Å². The van der Waals surface area contributed by atoms with E-state index >= 15 is 0 Å². The molecule has 18 heavy (non-hydrogen) atoms. The molecular formula is C13H17FN2O2. The van der Waals surface area contributed by atoms with Crippen LogP contribution in [0.15, 0.2) is 18.5 Å². The highest BCUT2D eigenvalue weighted by Gasteiger charge is 2.38. The van der Waals surface area contributed by atoms with Crippen LogP contribution in [0.3, 0.4) is 0 Å². The topological polar surface area (TPSA) is 62.2 Å². The molecule has 0 saturated heterocycles. The fourth-order valence-corrected chi connectivity index (χ4v) is 2.43. The second kappa shape index (κ2) is 5.02. The van der Waals surface area contributed by atoms with Crippen molar-refractivity contribution in [3.63, 3.8) is 0 Å². The number of nitrogens with one attached hydrogen (secondary N) is 1. The molecule has 2 rings (SSSR count). The lowest BCUT2D eigenvalue weighted by atomic mass is 9.92. The number of hydrogen-bond donors (Lipinski definition) is 2. The van der Waals surface area contributed by atoms with Gasteiger partial charge in [-0.25, -0.2) is 9.18 Å². The zero-order chi connectivity index (χ0) is 13.2. The van der Waals surface area contributed by atoms with E-state index in [0.29, 0.717) is 5.56 Å². The fourth-order valence-electron chi connectivity index (χ4n) is 2.43. The first-order valence-electron chi connectivity index (χ1n) is 6.14. The van der Waals surface area contributed by atoms with Crippen LogP contribution in [0.25, 0.3) is 0 Å². The van der Waals surface area contributed by atoms with Crippen molar-refractivity contribution >= 4 is 5.97 Å². The van der Waals surface area contributed by atoms with E-state index in [0.717, 1.165) is 31.9 Å². The van der Waals surface area contributed by atoms with Crippen LogP contribution >= 0.6 is 0 Å². The van der Waals surface area contributed by atoms with Crippen molar-refractivity contribution in [2.24, 2.45) is 0 Å². The third-order valence-corrected chi connectivity index (χ3v) is 3.56. The molecule has 1 saturated carbocycles. The second-order valence-corrected chi connectivity index (χ2v) is 4.95. The summed E-state index contributed by atoms with van der Waals surface area (Å²) in [6, 6.07) is 1.40. The molecule has 1 aromatic rings. The van der Waals surface area contributed by atoms with Gasteiger partial charge in [0, 0.05) is 17.8 Å². The summed E-state index contributed by atoms with van der Waals surface area (Å²) >= 11 is 0. The Morgan fingerprint density at radius 1 is 1.50 bits per heavy atom. The molecule has 0 spiro atoms. The van der Waals surface area contributed by atoms with Crippen LogP contribution in [-0.2, 0) is 10.3 Å². The Bertz CT molecular complexity index is 446. The van der Waals surface area contributed by atoms with Gasteiger partial charge in [0.15, 0.2) is 0 Å². The average molecular weight is 252 g/mol. The predicted octanol–water partition coefficient (Wildman–Crippen LogP) is 2.05. The molecule has 0 bridgehead atoms. The molecule has 1 aliphatic carbocycles. The number of carboxylic acid groups (broad SMARTS) is 1. The molecule has 1 fully saturated rings. The van der Waals surface area contributed by atoms with Crippen molar-refractivity contribution in [1.29, 1.82) is 0 Å². The molecule has 0 radical (unpaired) electrons.